The van der Waals surface area contributed by atoms with Crippen LogP contribution < -0.4 is 15.4 Å². The second-order valence-corrected chi connectivity index (χ2v) is 4.43. The molecule has 1 aromatic carbocycles. The van der Waals surface area contributed by atoms with Crippen molar-refractivity contribution >= 4 is 11.6 Å². The van der Waals surface area contributed by atoms with Crippen molar-refractivity contribution in [3.63, 3.8) is 0 Å². The lowest BCUT2D eigenvalue weighted by atomic mass is 10.2. The number of benzene rings is 1. The van der Waals surface area contributed by atoms with Gasteiger partial charge in [0.05, 0.1) is 11.8 Å². The largest absolute Gasteiger partial charge is 0.489 e. The number of carbonyl (C=O) groups excluding carboxylic acids is 1. The number of hydrogen-bond acceptors (Lipinski definition) is 3. The molecule has 2 N–H and O–H groups in total. The molecule has 0 radical (unpaired) electrons. The third-order valence-corrected chi connectivity index (χ3v) is 2.36. The molecule has 0 atom stereocenters. The third-order valence-electron chi connectivity index (χ3n) is 2.36. The molecule has 1 aromatic rings. The summed E-state index contributed by atoms with van der Waals surface area (Å²) in [4.78, 5) is 11.4. The Balaban J connectivity index is 2.44. The van der Waals surface area contributed by atoms with Gasteiger partial charge in [-0.15, -0.1) is 6.58 Å². The van der Waals surface area contributed by atoms with E-state index in [0.29, 0.717) is 19.5 Å². The fourth-order valence-electron chi connectivity index (χ4n) is 1.55. The second kappa shape index (κ2) is 8.19. The summed E-state index contributed by atoms with van der Waals surface area (Å²) in [6.45, 7) is 8.60. The van der Waals surface area contributed by atoms with Gasteiger partial charge in [0.1, 0.15) is 5.75 Å². The number of para-hydroxylation sites is 2. The molecule has 1 amide bonds. The Bertz CT molecular complexity index is 416. The molecule has 0 aliphatic carbocycles. The van der Waals surface area contributed by atoms with E-state index >= 15 is 0 Å². The van der Waals surface area contributed by atoms with E-state index in [1.807, 2.05) is 38.1 Å². The van der Waals surface area contributed by atoms with Crippen LogP contribution in [0.1, 0.15) is 20.3 Å². The average Bonchev–Trinajstić information content (AvgIpc) is 2.38. The van der Waals surface area contributed by atoms with E-state index in [-0.39, 0.29) is 12.0 Å². The lowest BCUT2D eigenvalue weighted by Gasteiger charge is -2.15. The molecule has 1 rings (SSSR count). The topological polar surface area (TPSA) is 50.4 Å². The van der Waals surface area contributed by atoms with Crippen molar-refractivity contribution in [2.75, 3.05) is 18.4 Å². The molecule has 0 saturated carbocycles. The Morgan fingerprint density at radius 2 is 2.16 bits per heavy atom. The van der Waals surface area contributed by atoms with Gasteiger partial charge in [0.15, 0.2) is 0 Å². The summed E-state index contributed by atoms with van der Waals surface area (Å²) in [5, 5.41) is 5.95. The molecule has 4 nitrogen and oxygen atoms in total. The number of amides is 1. The maximum atomic E-state index is 11.4. The van der Waals surface area contributed by atoms with Crippen LogP contribution in [0.4, 0.5) is 5.69 Å². The van der Waals surface area contributed by atoms with Gasteiger partial charge in [-0.2, -0.15) is 0 Å². The Kier molecular flexibility index (Phi) is 6.50. The van der Waals surface area contributed by atoms with Gasteiger partial charge in [0.2, 0.25) is 5.91 Å². The summed E-state index contributed by atoms with van der Waals surface area (Å²) in [6.07, 6.45) is 2.21. The first-order valence-electron chi connectivity index (χ1n) is 6.50. The minimum Gasteiger partial charge on any atom is -0.489 e. The summed E-state index contributed by atoms with van der Waals surface area (Å²) in [7, 11) is 0. The Hall–Kier alpha value is -1.97. The van der Waals surface area contributed by atoms with Gasteiger partial charge in [-0.25, -0.2) is 0 Å². The van der Waals surface area contributed by atoms with Crippen molar-refractivity contribution in [2.45, 2.75) is 26.4 Å². The number of carbonyl (C=O) groups is 1. The molecule has 0 aromatic heterocycles. The van der Waals surface area contributed by atoms with Gasteiger partial charge >= 0.3 is 0 Å². The number of hydrogen-bond donors (Lipinski definition) is 2. The van der Waals surface area contributed by atoms with E-state index in [1.54, 1.807) is 6.08 Å². The minimum atomic E-state index is 0.00894. The van der Waals surface area contributed by atoms with Gasteiger partial charge < -0.3 is 15.4 Å². The highest BCUT2D eigenvalue weighted by molar-refractivity contribution is 5.76. The fourth-order valence-corrected chi connectivity index (χ4v) is 1.55. The van der Waals surface area contributed by atoms with Crippen LogP contribution in [0, 0.1) is 0 Å². The molecule has 0 bridgehead atoms. The molecule has 0 aliphatic heterocycles. The normalized spacial score (nSPS) is 10.1. The molecule has 0 aliphatic rings. The smallest absolute Gasteiger partial charge is 0.222 e. The van der Waals surface area contributed by atoms with Gasteiger partial charge in [-0.05, 0) is 26.0 Å². The maximum absolute atomic E-state index is 11.4. The van der Waals surface area contributed by atoms with Crippen molar-refractivity contribution in [3.8, 4) is 5.75 Å². The molecular weight excluding hydrogens is 240 g/mol. The first kappa shape index (κ1) is 15.1. The van der Waals surface area contributed by atoms with Gasteiger partial charge in [-0.1, -0.05) is 18.2 Å². The highest BCUT2D eigenvalue weighted by Gasteiger charge is 2.05. The fraction of sp³-hybridized carbons (Fsp3) is 0.400. The Morgan fingerprint density at radius 3 is 2.84 bits per heavy atom. The summed E-state index contributed by atoms with van der Waals surface area (Å²) < 4.78 is 5.69. The quantitative estimate of drug-likeness (QED) is 0.708. The zero-order chi connectivity index (χ0) is 14.1. The summed E-state index contributed by atoms with van der Waals surface area (Å²) in [5.41, 5.74) is 0.910. The zero-order valence-electron chi connectivity index (χ0n) is 11.6. The number of nitrogens with one attached hydrogen (secondary N) is 2. The maximum Gasteiger partial charge on any atom is 0.222 e. The first-order valence-corrected chi connectivity index (χ1v) is 6.50. The van der Waals surface area contributed by atoms with Crippen LogP contribution in [0.15, 0.2) is 36.9 Å². The highest BCUT2D eigenvalue weighted by atomic mass is 16.5. The van der Waals surface area contributed by atoms with Gasteiger partial charge in [0.25, 0.3) is 0 Å². The molecule has 0 fully saturated rings. The molecule has 19 heavy (non-hydrogen) atoms. The standard InChI is InChI=1S/C15H22N2O2/c1-4-10-17-15(18)9-11-16-13-7-5-6-8-14(13)19-12(2)3/h4-8,12,16H,1,9-11H2,2-3H3,(H,17,18). The Morgan fingerprint density at radius 1 is 1.42 bits per heavy atom. The van der Waals surface area contributed by atoms with E-state index in [9.17, 15) is 4.79 Å². The number of rotatable bonds is 8. The number of ether oxygens (including phenoxy) is 1. The van der Waals surface area contributed by atoms with E-state index in [4.69, 9.17) is 4.74 Å². The molecular formula is C15H22N2O2. The van der Waals surface area contributed by atoms with Crippen molar-refractivity contribution in [1.29, 1.82) is 0 Å². The zero-order valence-corrected chi connectivity index (χ0v) is 11.6. The van der Waals surface area contributed by atoms with Crippen LogP contribution >= 0.6 is 0 Å². The van der Waals surface area contributed by atoms with Crippen LogP contribution in [-0.4, -0.2) is 25.1 Å². The predicted octanol–water partition coefficient (Wildman–Crippen LogP) is 2.58. The van der Waals surface area contributed by atoms with Crippen molar-refractivity contribution < 1.29 is 9.53 Å². The van der Waals surface area contributed by atoms with E-state index in [1.165, 1.54) is 0 Å². The summed E-state index contributed by atoms with van der Waals surface area (Å²) >= 11 is 0. The molecule has 0 heterocycles. The second-order valence-electron chi connectivity index (χ2n) is 4.43. The molecule has 0 unspecified atom stereocenters. The monoisotopic (exact) mass is 262 g/mol. The average molecular weight is 262 g/mol. The van der Waals surface area contributed by atoms with Crippen LogP contribution in [0.5, 0.6) is 5.75 Å². The lowest BCUT2D eigenvalue weighted by Crippen LogP contribution is -2.25. The van der Waals surface area contributed by atoms with Gasteiger partial charge in [-0.3, -0.25) is 4.79 Å². The predicted molar refractivity (Wildman–Crippen MR) is 78.5 cm³/mol. The van der Waals surface area contributed by atoms with E-state index in [0.717, 1.165) is 11.4 Å². The van der Waals surface area contributed by atoms with Crippen LogP contribution in [0.3, 0.4) is 0 Å². The van der Waals surface area contributed by atoms with Crippen molar-refractivity contribution in [1.82, 2.24) is 5.32 Å². The molecule has 0 spiro atoms. The highest BCUT2D eigenvalue weighted by Crippen LogP contribution is 2.24. The molecule has 4 heteroatoms. The van der Waals surface area contributed by atoms with Gasteiger partial charge in [0, 0.05) is 19.5 Å². The lowest BCUT2D eigenvalue weighted by molar-refractivity contribution is -0.120. The van der Waals surface area contributed by atoms with E-state index < -0.39 is 0 Å². The first-order chi connectivity index (χ1) is 9.13. The summed E-state index contributed by atoms with van der Waals surface area (Å²) in [5.74, 6) is 0.818. The summed E-state index contributed by atoms with van der Waals surface area (Å²) in [6, 6.07) is 7.73. The Labute approximate surface area is 114 Å². The molecule has 0 saturated heterocycles. The third kappa shape index (κ3) is 5.95. The van der Waals surface area contributed by atoms with Crippen molar-refractivity contribution in [2.24, 2.45) is 0 Å². The van der Waals surface area contributed by atoms with Crippen LogP contribution in [0.25, 0.3) is 0 Å². The van der Waals surface area contributed by atoms with E-state index in [2.05, 4.69) is 17.2 Å². The molecule has 104 valence electrons. The van der Waals surface area contributed by atoms with Crippen LogP contribution in [-0.2, 0) is 4.79 Å². The minimum absolute atomic E-state index is 0.00894. The SMILES string of the molecule is C=CCNC(=O)CCNc1ccccc1OC(C)C. The number of anilines is 1. The van der Waals surface area contributed by atoms with Crippen LogP contribution in [0.2, 0.25) is 0 Å². The van der Waals surface area contributed by atoms with Crippen molar-refractivity contribution in [3.05, 3.63) is 36.9 Å².